The van der Waals surface area contributed by atoms with Crippen molar-refractivity contribution in [2.24, 2.45) is 0 Å². The Kier molecular flexibility index (Phi) is 6.21. The van der Waals surface area contributed by atoms with Crippen molar-refractivity contribution in [2.75, 3.05) is 26.1 Å². The molecular formula is C24H20N4O5S. The Morgan fingerprint density at radius 2 is 1.59 bits per heavy atom. The molecule has 2 N–H and O–H groups in total. The van der Waals surface area contributed by atoms with E-state index >= 15 is 0 Å². The standard InChI is InChI=1S/C24H20N4O5S/c1-32-18-7-3-16(4-8-18)24(17-5-9-19(33-2)10-6-17)22(30)28(23(31)27-24)14-20(29)26-21-15(13-25)11-12-34-21/h3-12H,14H2,1-2H3,(H,26,29)(H,27,31). The summed E-state index contributed by atoms with van der Waals surface area (Å²) in [6.07, 6.45) is 0. The molecule has 2 heterocycles. The number of thiophene rings is 1. The molecule has 4 rings (SSSR count). The molecule has 0 spiro atoms. The largest absolute Gasteiger partial charge is 0.497 e. The van der Waals surface area contributed by atoms with Gasteiger partial charge in [-0.15, -0.1) is 11.3 Å². The SMILES string of the molecule is COc1ccc(C2(c3ccc(OC)cc3)NC(=O)N(CC(=O)Nc3sccc3C#N)C2=O)cc1. The fourth-order valence-electron chi connectivity index (χ4n) is 3.76. The molecule has 0 unspecified atom stereocenters. The molecule has 9 nitrogen and oxygen atoms in total. The summed E-state index contributed by atoms with van der Waals surface area (Å²) in [6, 6.07) is 16.4. The number of amides is 4. The van der Waals surface area contributed by atoms with Gasteiger partial charge in [-0.2, -0.15) is 5.26 Å². The molecule has 172 valence electrons. The molecule has 1 aliphatic heterocycles. The van der Waals surface area contributed by atoms with Crippen LogP contribution < -0.4 is 20.1 Å². The van der Waals surface area contributed by atoms with Gasteiger partial charge in [0.1, 0.15) is 29.1 Å². The lowest BCUT2D eigenvalue weighted by Crippen LogP contribution is -2.45. The normalized spacial score (nSPS) is 14.3. The monoisotopic (exact) mass is 476 g/mol. The average Bonchev–Trinajstić information content (AvgIpc) is 3.41. The van der Waals surface area contributed by atoms with E-state index in [2.05, 4.69) is 10.6 Å². The molecule has 0 atom stereocenters. The molecule has 34 heavy (non-hydrogen) atoms. The second-order valence-electron chi connectivity index (χ2n) is 7.35. The van der Waals surface area contributed by atoms with E-state index in [-0.39, 0.29) is 0 Å². The molecule has 10 heteroatoms. The third kappa shape index (κ3) is 3.93. The van der Waals surface area contributed by atoms with Crippen molar-refractivity contribution in [3.8, 4) is 17.6 Å². The first kappa shape index (κ1) is 22.8. The van der Waals surface area contributed by atoms with Gasteiger partial charge in [-0.25, -0.2) is 4.79 Å². The van der Waals surface area contributed by atoms with Gasteiger partial charge in [-0.1, -0.05) is 24.3 Å². The lowest BCUT2D eigenvalue weighted by molar-refractivity contribution is -0.133. The number of imide groups is 1. The van der Waals surface area contributed by atoms with Gasteiger partial charge >= 0.3 is 6.03 Å². The lowest BCUT2D eigenvalue weighted by Gasteiger charge is -2.28. The fraction of sp³-hybridized carbons (Fsp3) is 0.167. The van der Waals surface area contributed by atoms with Gasteiger partial charge in [-0.05, 0) is 46.8 Å². The Labute approximate surface area is 199 Å². The van der Waals surface area contributed by atoms with Crippen LogP contribution in [0.2, 0.25) is 0 Å². The smallest absolute Gasteiger partial charge is 0.326 e. The number of benzene rings is 2. The summed E-state index contributed by atoms with van der Waals surface area (Å²) in [6.45, 7) is -0.512. The summed E-state index contributed by atoms with van der Waals surface area (Å²) in [5.41, 5.74) is -0.229. The number of carbonyl (C=O) groups is 3. The van der Waals surface area contributed by atoms with E-state index in [0.29, 0.717) is 33.2 Å². The quantitative estimate of drug-likeness (QED) is 0.506. The van der Waals surface area contributed by atoms with Crippen molar-refractivity contribution in [3.05, 3.63) is 76.7 Å². The summed E-state index contributed by atoms with van der Waals surface area (Å²) < 4.78 is 10.4. The van der Waals surface area contributed by atoms with Crippen molar-refractivity contribution in [3.63, 3.8) is 0 Å². The van der Waals surface area contributed by atoms with Crippen LogP contribution in [-0.2, 0) is 15.1 Å². The Balaban J connectivity index is 1.69. The van der Waals surface area contributed by atoms with E-state index in [9.17, 15) is 14.4 Å². The highest BCUT2D eigenvalue weighted by Gasteiger charge is 2.54. The highest BCUT2D eigenvalue weighted by Crippen LogP contribution is 2.37. The highest BCUT2D eigenvalue weighted by atomic mass is 32.1. The van der Waals surface area contributed by atoms with E-state index < -0.39 is 29.9 Å². The summed E-state index contributed by atoms with van der Waals surface area (Å²) in [5, 5.41) is 16.6. The Morgan fingerprint density at radius 3 is 2.09 bits per heavy atom. The van der Waals surface area contributed by atoms with Crippen LogP contribution in [0.15, 0.2) is 60.0 Å². The van der Waals surface area contributed by atoms with Gasteiger partial charge in [-0.3, -0.25) is 14.5 Å². The van der Waals surface area contributed by atoms with Crippen LogP contribution in [0.3, 0.4) is 0 Å². The predicted octanol–water partition coefficient (Wildman–Crippen LogP) is 3.07. The average molecular weight is 477 g/mol. The second kappa shape index (κ2) is 9.25. The number of nitrogens with one attached hydrogen (secondary N) is 2. The number of methoxy groups -OCH3 is 2. The molecule has 4 amide bonds. The first-order valence-electron chi connectivity index (χ1n) is 10.1. The van der Waals surface area contributed by atoms with Crippen molar-refractivity contribution in [1.82, 2.24) is 10.2 Å². The number of urea groups is 1. The molecule has 2 aromatic carbocycles. The van der Waals surface area contributed by atoms with E-state index in [4.69, 9.17) is 14.7 Å². The van der Waals surface area contributed by atoms with E-state index in [1.54, 1.807) is 60.0 Å². The topological polar surface area (TPSA) is 121 Å². The first-order valence-corrected chi connectivity index (χ1v) is 11.0. The van der Waals surface area contributed by atoms with Crippen LogP contribution >= 0.6 is 11.3 Å². The number of hydrogen-bond acceptors (Lipinski definition) is 7. The van der Waals surface area contributed by atoms with Crippen LogP contribution in [0.4, 0.5) is 9.80 Å². The third-order valence-electron chi connectivity index (χ3n) is 5.49. The Hall–Kier alpha value is -4.36. The molecule has 1 fully saturated rings. The highest BCUT2D eigenvalue weighted by molar-refractivity contribution is 7.14. The maximum absolute atomic E-state index is 13.8. The van der Waals surface area contributed by atoms with Crippen LogP contribution in [0, 0.1) is 11.3 Å². The number of ether oxygens (including phenoxy) is 2. The second-order valence-corrected chi connectivity index (χ2v) is 8.27. The molecule has 3 aromatic rings. The lowest BCUT2D eigenvalue weighted by atomic mass is 9.82. The number of nitrogens with zero attached hydrogens (tertiary/aromatic N) is 2. The van der Waals surface area contributed by atoms with Crippen molar-refractivity contribution in [1.29, 1.82) is 5.26 Å². The molecule has 1 saturated heterocycles. The maximum Gasteiger partial charge on any atom is 0.326 e. The maximum atomic E-state index is 13.8. The zero-order valence-corrected chi connectivity index (χ0v) is 19.1. The summed E-state index contributed by atoms with van der Waals surface area (Å²) in [4.78, 5) is 40.2. The number of carbonyl (C=O) groups excluding carboxylic acids is 3. The summed E-state index contributed by atoms with van der Waals surface area (Å²) in [7, 11) is 3.06. The van der Waals surface area contributed by atoms with Crippen LogP contribution in [-0.4, -0.2) is 43.5 Å². The van der Waals surface area contributed by atoms with E-state index in [0.717, 1.165) is 4.90 Å². The van der Waals surface area contributed by atoms with Gasteiger partial charge in [0.15, 0.2) is 5.54 Å². The third-order valence-corrected chi connectivity index (χ3v) is 6.32. The molecular weight excluding hydrogens is 456 g/mol. The van der Waals surface area contributed by atoms with E-state index in [1.165, 1.54) is 25.6 Å². The van der Waals surface area contributed by atoms with Gasteiger partial charge in [0.05, 0.1) is 19.8 Å². The number of nitriles is 1. The minimum Gasteiger partial charge on any atom is -0.497 e. The minimum absolute atomic E-state index is 0.307. The van der Waals surface area contributed by atoms with Gasteiger partial charge < -0.3 is 20.1 Å². The van der Waals surface area contributed by atoms with Gasteiger partial charge in [0.25, 0.3) is 5.91 Å². The molecule has 0 saturated carbocycles. The molecule has 0 radical (unpaired) electrons. The van der Waals surface area contributed by atoms with Gasteiger partial charge in [0.2, 0.25) is 5.91 Å². The minimum atomic E-state index is -1.54. The summed E-state index contributed by atoms with van der Waals surface area (Å²) >= 11 is 1.18. The van der Waals surface area contributed by atoms with Crippen molar-refractivity contribution >= 4 is 34.2 Å². The Bertz CT molecular complexity index is 1230. The van der Waals surface area contributed by atoms with Gasteiger partial charge in [0, 0.05) is 0 Å². The van der Waals surface area contributed by atoms with Crippen molar-refractivity contribution < 1.29 is 23.9 Å². The number of rotatable bonds is 7. The predicted molar refractivity (Wildman–Crippen MR) is 125 cm³/mol. The van der Waals surface area contributed by atoms with Crippen LogP contribution in [0.25, 0.3) is 0 Å². The molecule has 0 bridgehead atoms. The van der Waals surface area contributed by atoms with Crippen LogP contribution in [0.5, 0.6) is 11.5 Å². The zero-order chi connectivity index (χ0) is 24.3. The van der Waals surface area contributed by atoms with Crippen LogP contribution in [0.1, 0.15) is 16.7 Å². The zero-order valence-electron chi connectivity index (χ0n) is 18.3. The molecule has 1 aromatic heterocycles. The molecule has 1 aliphatic rings. The number of hydrogen-bond donors (Lipinski definition) is 2. The fourth-order valence-corrected chi connectivity index (χ4v) is 4.52. The first-order chi connectivity index (χ1) is 16.4. The van der Waals surface area contributed by atoms with E-state index in [1.807, 2.05) is 6.07 Å². The molecule has 0 aliphatic carbocycles. The Morgan fingerprint density at radius 1 is 1.03 bits per heavy atom. The number of anilines is 1. The summed E-state index contributed by atoms with van der Waals surface area (Å²) in [5.74, 6) is -0.0193. The van der Waals surface area contributed by atoms with Crippen molar-refractivity contribution in [2.45, 2.75) is 5.54 Å².